The Morgan fingerprint density at radius 1 is 1.29 bits per heavy atom. The molecule has 0 fully saturated rings. The number of aromatic amines is 1. The molecule has 3 heterocycles. The van der Waals surface area contributed by atoms with Gasteiger partial charge >= 0.3 is 5.97 Å². The number of rotatable bonds is 5. The van der Waals surface area contributed by atoms with Gasteiger partial charge in [-0.2, -0.15) is 5.10 Å². The van der Waals surface area contributed by atoms with Crippen molar-refractivity contribution >= 4 is 11.9 Å². The van der Waals surface area contributed by atoms with E-state index in [1.54, 1.807) is 12.1 Å². The number of hydrogen-bond donors (Lipinski definition) is 2. The van der Waals surface area contributed by atoms with Crippen molar-refractivity contribution in [3.8, 4) is 22.8 Å². The number of carbonyl (C=O) groups excluding carboxylic acids is 2. The first-order valence-corrected chi connectivity index (χ1v) is 8.37. The summed E-state index contributed by atoms with van der Waals surface area (Å²) >= 11 is 0. The van der Waals surface area contributed by atoms with E-state index in [0.717, 1.165) is 5.56 Å². The lowest BCUT2D eigenvalue weighted by Gasteiger charge is -2.12. The van der Waals surface area contributed by atoms with Crippen LogP contribution in [0.1, 0.15) is 15.9 Å². The number of nitrogens with one attached hydrogen (secondary N) is 2. The number of benzene rings is 1. The molecule has 0 aromatic heterocycles. The monoisotopic (exact) mass is 384 g/mol. The van der Waals surface area contributed by atoms with Gasteiger partial charge in [-0.3, -0.25) is 9.59 Å². The lowest BCUT2D eigenvalue weighted by Crippen LogP contribution is -2.27. The molecule has 0 bridgehead atoms. The molecule has 3 aliphatic rings. The van der Waals surface area contributed by atoms with Crippen LogP contribution in [0.25, 0.3) is 11.3 Å². The van der Waals surface area contributed by atoms with E-state index in [9.17, 15) is 14.4 Å². The largest absolute Gasteiger partial charge is 0.465 e. The van der Waals surface area contributed by atoms with Gasteiger partial charge in [-0.15, -0.1) is 0 Å². The molecule has 0 radical (unpaired) electrons. The van der Waals surface area contributed by atoms with Gasteiger partial charge in [-0.1, -0.05) is 6.07 Å². The number of nitrogens with zero attached hydrogens (tertiary/aromatic N) is 2. The fourth-order valence-electron chi connectivity index (χ4n) is 2.91. The van der Waals surface area contributed by atoms with Crippen molar-refractivity contribution in [2.75, 3.05) is 13.9 Å². The molecular formula is C18H16N4O6. The summed E-state index contributed by atoms with van der Waals surface area (Å²) in [5.41, 5.74) is 0.905. The quantitative estimate of drug-likeness (QED) is 0.614. The minimum atomic E-state index is -0.647. The van der Waals surface area contributed by atoms with Gasteiger partial charge in [-0.05, 0) is 17.7 Å². The second-order valence-corrected chi connectivity index (χ2v) is 6.12. The third-order valence-electron chi connectivity index (χ3n) is 4.27. The van der Waals surface area contributed by atoms with Gasteiger partial charge in [0.1, 0.15) is 17.8 Å². The molecule has 0 spiro atoms. The van der Waals surface area contributed by atoms with Gasteiger partial charge in [0.05, 0.1) is 12.7 Å². The third-order valence-corrected chi connectivity index (χ3v) is 4.27. The zero-order valence-electron chi connectivity index (χ0n) is 14.9. The number of aromatic nitrogens is 3. The molecule has 10 heteroatoms. The average Bonchev–Trinajstić information content (AvgIpc) is 3.31. The van der Waals surface area contributed by atoms with Crippen LogP contribution in [0.5, 0.6) is 11.5 Å². The summed E-state index contributed by atoms with van der Waals surface area (Å²) in [5, 5.41) is 8.92. The Kier molecular flexibility index (Phi) is 4.44. The van der Waals surface area contributed by atoms with Crippen LogP contribution in [0.2, 0.25) is 0 Å². The van der Waals surface area contributed by atoms with E-state index in [2.05, 4.69) is 15.5 Å². The number of pyridine rings is 1. The Balaban J connectivity index is 1.49. The van der Waals surface area contributed by atoms with E-state index in [1.165, 1.54) is 24.1 Å². The average molecular weight is 384 g/mol. The molecule has 1 aromatic rings. The van der Waals surface area contributed by atoms with Crippen LogP contribution in [0, 0.1) is 0 Å². The van der Waals surface area contributed by atoms with Gasteiger partial charge < -0.3 is 24.1 Å². The Morgan fingerprint density at radius 2 is 2.11 bits per heavy atom. The number of fused-ring (bicyclic) bond motifs is 2. The Bertz CT molecular complexity index is 1090. The molecule has 0 saturated carbocycles. The Hall–Kier alpha value is -3.82. The summed E-state index contributed by atoms with van der Waals surface area (Å²) < 4.78 is 16.7. The predicted molar refractivity (Wildman–Crippen MR) is 95.2 cm³/mol. The smallest absolute Gasteiger partial charge is 0.341 e. The maximum absolute atomic E-state index is 12.3. The molecule has 3 aliphatic heterocycles. The summed E-state index contributed by atoms with van der Waals surface area (Å²) in [7, 11) is 1.23. The molecule has 28 heavy (non-hydrogen) atoms. The number of methoxy groups -OCH3 is 1. The maximum Gasteiger partial charge on any atom is 0.341 e. The third kappa shape index (κ3) is 3.27. The van der Waals surface area contributed by atoms with Crippen LogP contribution in [-0.2, 0) is 22.6 Å². The molecule has 4 rings (SSSR count). The lowest BCUT2D eigenvalue weighted by molar-refractivity contribution is -0.121. The van der Waals surface area contributed by atoms with Crippen molar-refractivity contribution in [2.45, 2.75) is 13.1 Å². The molecule has 0 saturated heterocycles. The number of hydrogen-bond acceptors (Lipinski definition) is 7. The SMILES string of the molecule is COC(=O)c1cn(CC(=O)NCc2ccc3c(c2)OCO3)cc2c(=O)[nH]nc1-2. The van der Waals surface area contributed by atoms with Crippen molar-refractivity contribution < 1.29 is 23.8 Å². The van der Waals surface area contributed by atoms with E-state index >= 15 is 0 Å². The molecule has 10 nitrogen and oxygen atoms in total. The Morgan fingerprint density at radius 3 is 2.93 bits per heavy atom. The van der Waals surface area contributed by atoms with Crippen LogP contribution in [0.15, 0.2) is 35.4 Å². The highest BCUT2D eigenvalue weighted by molar-refractivity contribution is 5.96. The van der Waals surface area contributed by atoms with E-state index in [0.29, 0.717) is 18.0 Å². The number of H-pyrrole nitrogens is 1. The number of ether oxygens (including phenoxy) is 3. The minimum absolute atomic E-state index is 0.0882. The van der Waals surface area contributed by atoms with Crippen LogP contribution < -0.4 is 20.3 Å². The Labute approximate surface area is 158 Å². The standard InChI is InChI=1S/C18H16N4O6/c1-26-18(25)12-7-22(6-11-16(12)20-21-17(11)24)8-15(23)19-5-10-2-3-13-14(4-10)28-9-27-13/h2-4,6-7H,5,8-9H2,1H3,(H,19,23)(H,21,24). The van der Waals surface area contributed by atoms with E-state index in [-0.39, 0.29) is 36.1 Å². The van der Waals surface area contributed by atoms with E-state index < -0.39 is 11.5 Å². The van der Waals surface area contributed by atoms with Gasteiger partial charge in [0.25, 0.3) is 5.56 Å². The van der Waals surface area contributed by atoms with Gasteiger partial charge in [0.2, 0.25) is 12.7 Å². The zero-order valence-corrected chi connectivity index (χ0v) is 14.9. The van der Waals surface area contributed by atoms with Crippen LogP contribution in [-0.4, -0.2) is 40.5 Å². The van der Waals surface area contributed by atoms with Crippen LogP contribution in [0.4, 0.5) is 0 Å². The number of carbonyl (C=O) groups is 2. The summed E-state index contributed by atoms with van der Waals surface area (Å²) in [5.74, 6) is 0.362. The van der Waals surface area contributed by atoms with Crippen molar-refractivity contribution in [3.63, 3.8) is 0 Å². The van der Waals surface area contributed by atoms with Crippen molar-refractivity contribution in [2.24, 2.45) is 0 Å². The van der Waals surface area contributed by atoms with Crippen molar-refractivity contribution in [1.82, 2.24) is 20.1 Å². The van der Waals surface area contributed by atoms with Gasteiger partial charge in [-0.25, -0.2) is 9.89 Å². The normalized spacial score (nSPS) is 12.2. The minimum Gasteiger partial charge on any atom is -0.465 e. The highest BCUT2D eigenvalue weighted by atomic mass is 16.7. The summed E-state index contributed by atoms with van der Waals surface area (Å²) in [6.07, 6.45) is 2.89. The lowest BCUT2D eigenvalue weighted by atomic mass is 10.1. The van der Waals surface area contributed by atoms with Crippen molar-refractivity contribution in [1.29, 1.82) is 0 Å². The topological polar surface area (TPSA) is 125 Å². The second kappa shape index (κ2) is 7.06. The molecule has 0 aliphatic carbocycles. The van der Waals surface area contributed by atoms with Crippen LogP contribution in [0.3, 0.4) is 0 Å². The number of amides is 1. The molecule has 1 amide bonds. The fourth-order valence-corrected chi connectivity index (χ4v) is 2.91. The molecule has 2 N–H and O–H groups in total. The van der Waals surface area contributed by atoms with E-state index in [4.69, 9.17) is 14.2 Å². The zero-order chi connectivity index (χ0) is 19.7. The first-order chi connectivity index (χ1) is 13.5. The predicted octanol–water partition coefficient (Wildman–Crippen LogP) is 0.508. The maximum atomic E-state index is 12.3. The summed E-state index contributed by atoms with van der Waals surface area (Å²) in [6, 6.07) is 5.41. The van der Waals surface area contributed by atoms with E-state index in [1.807, 2.05) is 6.07 Å². The molecule has 0 unspecified atom stereocenters. The first-order valence-electron chi connectivity index (χ1n) is 8.37. The number of esters is 1. The molecule has 144 valence electrons. The molecule has 0 atom stereocenters. The molecule has 1 aromatic carbocycles. The fraction of sp³-hybridized carbons (Fsp3) is 0.222. The molecular weight excluding hydrogens is 368 g/mol. The first kappa shape index (κ1) is 17.6. The van der Waals surface area contributed by atoms with Gasteiger partial charge in [0, 0.05) is 18.9 Å². The summed E-state index contributed by atoms with van der Waals surface area (Å²) in [6.45, 7) is 0.387. The van der Waals surface area contributed by atoms with Crippen LogP contribution >= 0.6 is 0 Å². The highest BCUT2D eigenvalue weighted by Crippen LogP contribution is 2.32. The van der Waals surface area contributed by atoms with Gasteiger partial charge in [0.15, 0.2) is 11.5 Å². The highest BCUT2D eigenvalue weighted by Gasteiger charge is 2.22. The second-order valence-electron chi connectivity index (χ2n) is 6.12. The summed E-state index contributed by atoms with van der Waals surface area (Å²) in [4.78, 5) is 36.2. The van der Waals surface area contributed by atoms with Crippen molar-refractivity contribution in [3.05, 3.63) is 52.1 Å².